The lowest BCUT2D eigenvalue weighted by molar-refractivity contribution is 0.102. The topological polar surface area (TPSA) is 68.0 Å². The van der Waals surface area contributed by atoms with E-state index in [4.69, 9.17) is 5.73 Å². The van der Waals surface area contributed by atoms with E-state index in [1.54, 1.807) is 12.1 Å². The van der Waals surface area contributed by atoms with Gasteiger partial charge in [0.2, 0.25) is 0 Å². The minimum Gasteiger partial charge on any atom is -0.384 e. The molecular weight excluding hydrogens is 238 g/mol. The molecule has 2 aromatic rings. The van der Waals surface area contributed by atoms with E-state index in [0.717, 1.165) is 5.56 Å². The molecule has 4 nitrogen and oxygen atoms in total. The number of nitrogens with two attached hydrogens (primary N) is 1. The highest BCUT2D eigenvalue weighted by molar-refractivity contribution is 6.04. The van der Waals surface area contributed by atoms with E-state index in [-0.39, 0.29) is 5.91 Å². The van der Waals surface area contributed by atoms with Gasteiger partial charge in [-0.1, -0.05) is 6.07 Å². The Morgan fingerprint density at radius 2 is 1.84 bits per heavy atom. The second-order valence-corrected chi connectivity index (χ2v) is 4.62. The van der Waals surface area contributed by atoms with Gasteiger partial charge in [0.15, 0.2) is 0 Å². The molecule has 1 heterocycles. The molecule has 0 aliphatic heterocycles. The third kappa shape index (κ3) is 2.91. The first-order chi connectivity index (χ1) is 8.97. The lowest BCUT2D eigenvalue weighted by Crippen LogP contribution is -2.13. The van der Waals surface area contributed by atoms with Crippen LogP contribution in [0, 0.1) is 20.8 Å². The Morgan fingerprint density at radius 3 is 2.47 bits per heavy atom. The van der Waals surface area contributed by atoms with E-state index in [2.05, 4.69) is 10.3 Å². The average molecular weight is 255 g/mol. The van der Waals surface area contributed by atoms with Crippen LogP contribution in [0.5, 0.6) is 0 Å². The van der Waals surface area contributed by atoms with E-state index in [1.807, 2.05) is 39.0 Å². The second-order valence-electron chi connectivity index (χ2n) is 4.62. The number of nitrogen functional groups attached to an aromatic ring is 1. The van der Waals surface area contributed by atoms with Gasteiger partial charge in [0.25, 0.3) is 5.91 Å². The molecule has 0 unspecified atom stereocenters. The molecule has 0 aliphatic rings. The van der Waals surface area contributed by atoms with E-state index < -0.39 is 0 Å². The maximum atomic E-state index is 12.1. The van der Waals surface area contributed by atoms with Crippen molar-refractivity contribution < 1.29 is 4.79 Å². The molecule has 98 valence electrons. The Labute approximate surface area is 112 Å². The maximum Gasteiger partial charge on any atom is 0.255 e. The fraction of sp³-hybridized carbons (Fsp3) is 0.200. The van der Waals surface area contributed by atoms with Crippen LogP contribution in [0.1, 0.15) is 27.2 Å². The number of anilines is 2. The summed E-state index contributed by atoms with van der Waals surface area (Å²) in [6.45, 7) is 5.82. The molecule has 2 rings (SSSR count). The number of carbonyl (C=O) groups is 1. The van der Waals surface area contributed by atoms with Crippen LogP contribution >= 0.6 is 0 Å². The summed E-state index contributed by atoms with van der Waals surface area (Å²) in [6, 6.07) is 9.07. The van der Waals surface area contributed by atoms with Gasteiger partial charge >= 0.3 is 0 Å². The monoisotopic (exact) mass is 255 g/mol. The van der Waals surface area contributed by atoms with Crippen LogP contribution < -0.4 is 11.1 Å². The minimum absolute atomic E-state index is 0.141. The number of pyridine rings is 1. The number of amides is 1. The van der Waals surface area contributed by atoms with Crippen molar-refractivity contribution in [3.8, 4) is 0 Å². The van der Waals surface area contributed by atoms with Crippen molar-refractivity contribution in [2.75, 3.05) is 11.1 Å². The zero-order valence-corrected chi connectivity index (χ0v) is 11.3. The minimum atomic E-state index is -0.141. The smallest absolute Gasteiger partial charge is 0.255 e. The quantitative estimate of drug-likeness (QED) is 0.867. The van der Waals surface area contributed by atoms with E-state index in [1.165, 1.54) is 5.56 Å². The third-order valence-corrected chi connectivity index (χ3v) is 3.12. The summed E-state index contributed by atoms with van der Waals surface area (Å²) in [6.07, 6.45) is 0. The first-order valence-corrected chi connectivity index (χ1v) is 6.09. The molecule has 0 spiro atoms. The molecule has 1 amide bonds. The van der Waals surface area contributed by atoms with Crippen LogP contribution in [0.3, 0.4) is 0 Å². The van der Waals surface area contributed by atoms with Gasteiger partial charge in [0.05, 0.1) is 11.4 Å². The fourth-order valence-electron chi connectivity index (χ4n) is 1.79. The van der Waals surface area contributed by atoms with Gasteiger partial charge in [0.1, 0.15) is 5.82 Å². The zero-order valence-electron chi connectivity index (χ0n) is 11.3. The van der Waals surface area contributed by atoms with E-state index >= 15 is 0 Å². The molecule has 3 N–H and O–H groups in total. The molecule has 0 bridgehead atoms. The molecule has 0 aliphatic carbocycles. The lowest BCUT2D eigenvalue weighted by atomic mass is 10.1. The highest BCUT2D eigenvalue weighted by Crippen LogP contribution is 2.16. The molecule has 19 heavy (non-hydrogen) atoms. The number of aromatic nitrogens is 1. The Balaban J connectivity index is 2.23. The normalized spacial score (nSPS) is 10.3. The molecule has 0 fully saturated rings. The summed E-state index contributed by atoms with van der Waals surface area (Å²) < 4.78 is 0. The van der Waals surface area contributed by atoms with Crippen LogP contribution in [0.4, 0.5) is 11.5 Å². The molecule has 0 saturated carbocycles. The highest BCUT2D eigenvalue weighted by atomic mass is 16.1. The molecule has 1 aromatic heterocycles. The maximum absolute atomic E-state index is 12.1. The van der Waals surface area contributed by atoms with Crippen LogP contribution in [0.25, 0.3) is 0 Å². The van der Waals surface area contributed by atoms with Crippen molar-refractivity contribution in [3.63, 3.8) is 0 Å². The summed E-state index contributed by atoms with van der Waals surface area (Å²) in [5, 5.41) is 2.84. The number of nitrogens with one attached hydrogen (secondary N) is 1. The number of hydrogen-bond acceptors (Lipinski definition) is 3. The molecule has 0 radical (unpaired) electrons. The van der Waals surface area contributed by atoms with Gasteiger partial charge in [-0.15, -0.1) is 0 Å². The Hall–Kier alpha value is -2.36. The zero-order chi connectivity index (χ0) is 14.0. The molecule has 4 heteroatoms. The summed E-state index contributed by atoms with van der Waals surface area (Å²) in [4.78, 5) is 16.3. The Morgan fingerprint density at radius 1 is 1.11 bits per heavy atom. The van der Waals surface area contributed by atoms with E-state index in [0.29, 0.717) is 22.8 Å². The second kappa shape index (κ2) is 5.10. The SMILES string of the molecule is Cc1ccc(C(=O)Nc2ccc(N)nc2C)cc1C. The first kappa shape index (κ1) is 13.1. The number of carbonyl (C=O) groups excluding carboxylic acids is 1. The number of benzene rings is 1. The fourth-order valence-corrected chi connectivity index (χ4v) is 1.79. The van der Waals surface area contributed by atoms with Gasteiger partial charge in [-0.3, -0.25) is 4.79 Å². The number of hydrogen-bond donors (Lipinski definition) is 2. The first-order valence-electron chi connectivity index (χ1n) is 6.09. The lowest BCUT2D eigenvalue weighted by Gasteiger charge is -2.09. The van der Waals surface area contributed by atoms with Crippen LogP contribution in [-0.2, 0) is 0 Å². The Bertz CT molecular complexity index is 635. The standard InChI is InChI=1S/C15H17N3O/c1-9-4-5-12(8-10(9)2)15(19)18-13-6-7-14(16)17-11(13)3/h4-8H,1-3H3,(H2,16,17)(H,18,19). The van der Waals surface area contributed by atoms with Crippen LogP contribution in [0.15, 0.2) is 30.3 Å². The summed E-state index contributed by atoms with van der Waals surface area (Å²) in [7, 11) is 0. The highest BCUT2D eigenvalue weighted by Gasteiger charge is 2.09. The summed E-state index contributed by atoms with van der Waals surface area (Å²) in [5.74, 6) is 0.305. The predicted octanol–water partition coefficient (Wildman–Crippen LogP) is 2.84. The van der Waals surface area contributed by atoms with Gasteiger partial charge in [-0.2, -0.15) is 0 Å². The van der Waals surface area contributed by atoms with Crippen LogP contribution in [-0.4, -0.2) is 10.9 Å². The van der Waals surface area contributed by atoms with Gasteiger partial charge < -0.3 is 11.1 Å². The summed E-state index contributed by atoms with van der Waals surface area (Å²) in [5.41, 5.74) is 9.87. The molecule has 0 saturated heterocycles. The van der Waals surface area contributed by atoms with Gasteiger partial charge in [0, 0.05) is 5.56 Å². The molecule has 0 atom stereocenters. The van der Waals surface area contributed by atoms with Crippen molar-refractivity contribution in [2.24, 2.45) is 0 Å². The van der Waals surface area contributed by atoms with Crippen molar-refractivity contribution in [3.05, 3.63) is 52.7 Å². The molecular formula is C15H17N3O. The van der Waals surface area contributed by atoms with Crippen molar-refractivity contribution in [1.82, 2.24) is 4.98 Å². The largest absolute Gasteiger partial charge is 0.384 e. The summed E-state index contributed by atoms with van der Waals surface area (Å²) >= 11 is 0. The van der Waals surface area contributed by atoms with E-state index in [9.17, 15) is 4.79 Å². The van der Waals surface area contributed by atoms with Gasteiger partial charge in [-0.25, -0.2) is 4.98 Å². The molecule has 1 aromatic carbocycles. The third-order valence-electron chi connectivity index (χ3n) is 3.12. The number of nitrogens with zero attached hydrogens (tertiary/aromatic N) is 1. The average Bonchev–Trinajstić information content (AvgIpc) is 2.36. The van der Waals surface area contributed by atoms with Crippen molar-refractivity contribution in [2.45, 2.75) is 20.8 Å². The predicted molar refractivity (Wildman–Crippen MR) is 77.3 cm³/mol. The number of aryl methyl sites for hydroxylation is 3. The number of rotatable bonds is 2. The van der Waals surface area contributed by atoms with Crippen LogP contribution in [0.2, 0.25) is 0 Å². The van der Waals surface area contributed by atoms with Crippen molar-refractivity contribution in [1.29, 1.82) is 0 Å². The Kier molecular flexibility index (Phi) is 3.51. The van der Waals surface area contributed by atoms with Crippen molar-refractivity contribution >= 4 is 17.4 Å². The van der Waals surface area contributed by atoms with Gasteiger partial charge in [-0.05, 0) is 56.2 Å².